The van der Waals surface area contributed by atoms with E-state index in [0.717, 1.165) is 18.5 Å². The summed E-state index contributed by atoms with van der Waals surface area (Å²) in [4.78, 5) is 11.2. The van der Waals surface area contributed by atoms with Crippen LogP contribution in [0, 0.1) is 0 Å². The first-order chi connectivity index (χ1) is 7.19. The van der Waals surface area contributed by atoms with Gasteiger partial charge in [-0.25, -0.2) is 0 Å². The van der Waals surface area contributed by atoms with E-state index >= 15 is 0 Å². The molecule has 1 atom stereocenters. The third-order valence-corrected chi connectivity index (χ3v) is 4.96. The molecule has 0 fully saturated rings. The van der Waals surface area contributed by atoms with Crippen molar-refractivity contribution in [1.29, 1.82) is 0 Å². The SMILES string of the molecule is COC(=O)[As]C1Cc2ccc(N)cc2C1. The van der Waals surface area contributed by atoms with Crippen LogP contribution in [0.25, 0.3) is 0 Å². The maximum absolute atomic E-state index is 11.2. The Kier molecular flexibility index (Phi) is 3.01. The molecule has 0 saturated carbocycles. The van der Waals surface area contributed by atoms with Crippen LogP contribution in [0.1, 0.15) is 11.1 Å². The molecule has 0 saturated heterocycles. The van der Waals surface area contributed by atoms with Crippen LogP contribution in [0.4, 0.5) is 10.5 Å². The number of anilines is 1. The summed E-state index contributed by atoms with van der Waals surface area (Å²) in [5.74, 6) is 0. The molecular formula is C11H13AsNO2. The quantitative estimate of drug-likeness (QED) is 0.653. The summed E-state index contributed by atoms with van der Waals surface area (Å²) >= 11 is -0.353. The van der Waals surface area contributed by atoms with Gasteiger partial charge in [-0.3, -0.25) is 0 Å². The minimum absolute atomic E-state index is 0.0305. The van der Waals surface area contributed by atoms with Crippen LogP contribution in [0.5, 0.6) is 0 Å². The fourth-order valence-electron chi connectivity index (χ4n) is 1.91. The van der Waals surface area contributed by atoms with Crippen molar-refractivity contribution in [2.75, 3.05) is 12.8 Å². The van der Waals surface area contributed by atoms with Gasteiger partial charge in [0.15, 0.2) is 0 Å². The van der Waals surface area contributed by atoms with E-state index in [9.17, 15) is 4.79 Å². The average Bonchev–Trinajstić information content (AvgIpc) is 2.59. The number of hydrogen-bond donors (Lipinski definition) is 1. The van der Waals surface area contributed by atoms with Crippen molar-refractivity contribution in [1.82, 2.24) is 0 Å². The molecule has 1 radical (unpaired) electrons. The van der Waals surface area contributed by atoms with Crippen LogP contribution in [0.15, 0.2) is 18.2 Å². The average molecular weight is 266 g/mol. The molecule has 1 aliphatic carbocycles. The van der Waals surface area contributed by atoms with E-state index in [1.54, 1.807) is 0 Å². The second kappa shape index (κ2) is 4.28. The van der Waals surface area contributed by atoms with Gasteiger partial charge in [0, 0.05) is 0 Å². The summed E-state index contributed by atoms with van der Waals surface area (Å²) in [7, 11) is 1.46. The van der Waals surface area contributed by atoms with Crippen molar-refractivity contribution in [3.63, 3.8) is 0 Å². The molecule has 0 amide bonds. The first kappa shape index (κ1) is 10.6. The molecule has 2 N–H and O–H groups in total. The minimum atomic E-state index is -0.353. The first-order valence-electron chi connectivity index (χ1n) is 4.85. The monoisotopic (exact) mass is 266 g/mol. The Morgan fingerprint density at radius 2 is 2.20 bits per heavy atom. The topological polar surface area (TPSA) is 52.3 Å². The molecular weight excluding hydrogens is 253 g/mol. The van der Waals surface area contributed by atoms with E-state index in [-0.39, 0.29) is 20.5 Å². The Balaban J connectivity index is 2.06. The number of hydrogen-bond acceptors (Lipinski definition) is 3. The summed E-state index contributed by atoms with van der Waals surface area (Å²) < 4.78 is 5.16. The van der Waals surface area contributed by atoms with Gasteiger partial charge in [0.05, 0.1) is 0 Å². The number of rotatable bonds is 2. The second-order valence-corrected chi connectivity index (χ2v) is 6.53. The maximum atomic E-state index is 11.2. The van der Waals surface area contributed by atoms with Gasteiger partial charge in [-0.1, -0.05) is 0 Å². The molecule has 79 valence electrons. The second-order valence-electron chi connectivity index (χ2n) is 3.69. The Morgan fingerprint density at radius 3 is 2.93 bits per heavy atom. The van der Waals surface area contributed by atoms with E-state index < -0.39 is 0 Å². The summed E-state index contributed by atoms with van der Waals surface area (Å²) in [5.41, 5.74) is 9.17. The molecule has 1 unspecified atom stereocenters. The molecule has 1 aromatic carbocycles. The molecule has 0 aliphatic heterocycles. The molecule has 4 heteroatoms. The standard InChI is InChI=1S/C11H13AsNO2/c1-15-11(14)12-9-4-7-2-3-10(13)6-8(7)5-9/h2-3,6,9H,4-5,13H2,1H3. The molecule has 1 aliphatic rings. The van der Waals surface area contributed by atoms with Crippen molar-refractivity contribution in [3.8, 4) is 0 Å². The van der Waals surface area contributed by atoms with Gasteiger partial charge >= 0.3 is 95.4 Å². The van der Waals surface area contributed by atoms with Gasteiger partial charge in [-0.15, -0.1) is 0 Å². The van der Waals surface area contributed by atoms with Crippen LogP contribution >= 0.6 is 0 Å². The fraction of sp³-hybridized carbons (Fsp3) is 0.364. The molecule has 15 heavy (non-hydrogen) atoms. The van der Waals surface area contributed by atoms with Gasteiger partial charge in [0.2, 0.25) is 0 Å². The Morgan fingerprint density at radius 1 is 1.47 bits per heavy atom. The molecule has 1 aromatic rings. The van der Waals surface area contributed by atoms with E-state index in [4.69, 9.17) is 10.5 Å². The van der Waals surface area contributed by atoms with Crippen LogP contribution in [-0.4, -0.2) is 27.6 Å². The zero-order valence-corrected chi connectivity index (χ0v) is 10.4. The van der Waals surface area contributed by atoms with Crippen LogP contribution in [0.2, 0.25) is 4.71 Å². The van der Waals surface area contributed by atoms with Crippen molar-refractivity contribution in [3.05, 3.63) is 29.3 Å². The van der Waals surface area contributed by atoms with Gasteiger partial charge in [0.25, 0.3) is 0 Å². The summed E-state index contributed by atoms with van der Waals surface area (Å²) in [6.45, 7) is 0. The van der Waals surface area contributed by atoms with Gasteiger partial charge in [0.1, 0.15) is 0 Å². The van der Waals surface area contributed by atoms with Gasteiger partial charge in [-0.2, -0.15) is 0 Å². The van der Waals surface area contributed by atoms with Crippen molar-refractivity contribution < 1.29 is 9.53 Å². The number of fused-ring (bicyclic) bond motifs is 1. The normalized spacial score (nSPS) is 19.4. The molecule has 0 aromatic heterocycles. The molecule has 3 nitrogen and oxygen atoms in total. The predicted molar refractivity (Wildman–Crippen MR) is 60.2 cm³/mol. The molecule has 0 bridgehead atoms. The number of ether oxygens (including phenoxy) is 1. The zero-order valence-electron chi connectivity index (χ0n) is 8.56. The molecule has 0 spiro atoms. The van der Waals surface area contributed by atoms with Crippen LogP contribution in [-0.2, 0) is 17.6 Å². The number of nitrogen functional groups attached to an aromatic ring is 1. The van der Waals surface area contributed by atoms with Gasteiger partial charge in [-0.05, 0) is 0 Å². The third kappa shape index (κ3) is 2.35. The predicted octanol–water partition coefficient (Wildman–Crippen LogP) is 1.63. The van der Waals surface area contributed by atoms with E-state index in [2.05, 4.69) is 6.07 Å². The van der Waals surface area contributed by atoms with E-state index in [1.807, 2.05) is 12.1 Å². The Hall–Kier alpha value is -0.952. The van der Waals surface area contributed by atoms with Crippen LogP contribution < -0.4 is 5.73 Å². The van der Waals surface area contributed by atoms with Crippen molar-refractivity contribution in [2.45, 2.75) is 17.5 Å². The Bertz CT molecular complexity index is 392. The number of carbonyl (C=O) groups is 1. The Labute approximate surface area is 95.7 Å². The van der Waals surface area contributed by atoms with Crippen LogP contribution in [0.3, 0.4) is 0 Å². The first-order valence-corrected chi connectivity index (χ1v) is 6.87. The van der Waals surface area contributed by atoms with E-state index in [1.165, 1.54) is 18.2 Å². The van der Waals surface area contributed by atoms with Crippen molar-refractivity contribution in [2.24, 2.45) is 0 Å². The summed E-state index contributed by atoms with van der Waals surface area (Å²) in [6.07, 6.45) is 1.99. The molecule has 2 rings (SSSR count). The molecule has 0 heterocycles. The van der Waals surface area contributed by atoms with Gasteiger partial charge < -0.3 is 0 Å². The fourth-order valence-corrected chi connectivity index (χ4v) is 3.96. The number of nitrogens with two attached hydrogens (primary N) is 1. The number of carbonyl (C=O) groups excluding carboxylic acids is 1. The third-order valence-electron chi connectivity index (χ3n) is 2.60. The van der Waals surface area contributed by atoms with Crippen molar-refractivity contribution >= 4 is 26.2 Å². The summed E-state index contributed by atoms with van der Waals surface area (Å²) in [6, 6.07) is 6.02. The summed E-state index contributed by atoms with van der Waals surface area (Å²) in [5, 5.41) is 0. The number of methoxy groups -OCH3 is 1. The zero-order chi connectivity index (χ0) is 10.8. The number of benzene rings is 1. The van der Waals surface area contributed by atoms with E-state index in [0.29, 0.717) is 4.71 Å².